The van der Waals surface area contributed by atoms with Crippen molar-refractivity contribution in [3.8, 4) is 5.75 Å². The van der Waals surface area contributed by atoms with E-state index >= 15 is 0 Å². The van der Waals surface area contributed by atoms with Crippen molar-refractivity contribution in [3.63, 3.8) is 0 Å². The second-order valence-electron chi connectivity index (χ2n) is 8.48. The second-order valence-corrected chi connectivity index (χ2v) is 8.48. The predicted octanol–water partition coefficient (Wildman–Crippen LogP) is 5.67. The molecule has 0 saturated heterocycles. The monoisotopic (exact) mass is 419 g/mol. The summed E-state index contributed by atoms with van der Waals surface area (Å²) in [6.07, 6.45) is -2.46. The van der Waals surface area contributed by atoms with Gasteiger partial charge >= 0.3 is 6.36 Å². The van der Waals surface area contributed by atoms with E-state index in [0.717, 1.165) is 22.2 Å². The number of aryl methyl sites for hydroxylation is 1. The summed E-state index contributed by atoms with van der Waals surface area (Å²) in [5, 5.41) is 2.88. The highest BCUT2D eigenvalue weighted by Crippen LogP contribution is 2.26. The lowest BCUT2D eigenvalue weighted by Crippen LogP contribution is -2.20. The smallest absolute Gasteiger partial charge is 0.406 e. The Morgan fingerprint density at radius 3 is 2.40 bits per heavy atom. The number of amides is 1. The fourth-order valence-electron chi connectivity index (χ4n) is 3.12. The SMILES string of the molecule is Cc1cc2c(ccn2Cc2ccc(OC(F)(F)F)cc2)nc1NC(=O)CC(C)(C)C. The molecule has 1 N–H and O–H groups in total. The van der Waals surface area contributed by atoms with Crippen LogP contribution in [0.25, 0.3) is 11.0 Å². The molecule has 0 saturated carbocycles. The maximum Gasteiger partial charge on any atom is 0.573 e. The first kappa shape index (κ1) is 21.7. The van der Waals surface area contributed by atoms with Crippen LogP contribution >= 0.6 is 0 Å². The molecule has 160 valence electrons. The van der Waals surface area contributed by atoms with E-state index in [0.29, 0.717) is 18.8 Å². The molecule has 0 spiro atoms. The van der Waals surface area contributed by atoms with E-state index in [1.54, 1.807) is 12.1 Å². The van der Waals surface area contributed by atoms with E-state index < -0.39 is 6.36 Å². The van der Waals surface area contributed by atoms with E-state index in [-0.39, 0.29) is 17.1 Å². The number of rotatable bonds is 5. The zero-order chi connectivity index (χ0) is 22.1. The molecule has 0 aliphatic carbocycles. The molecule has 2 aromatic heterocycles. The highest BCUT2D eigenvalue weighted by atomic mass is 19.4. The summed E-state index contributed by atoms with van der Waals surface area (Å²) in [6, 6.07) is 9.55. The average molecular weight is 419 g/mol. The van der Waals surface area contributed by atoms with Crippen LogP contribution in [0.5, 0.6) is 5.75 Å². The average Bonchev–Trinajstić information content (AvgIpc) is 2.96. The number of alkyl halides is 3. The lowest BCUT2D eigenvalue weighted by atomic mass is 9.92. The summed E-state index contributed by atoms with van der Waals surface area (Å²) in [7, 11) is 0. The van der Waals surface area contributed by atoms with Crippen LogP contribution in [0.3, 0.4) is 0 Å². The molecular weight excluding hydrogens is 395 g/mol. The fourth-order valence-corrected chi connectivity index (χ4v) is 3.12. The van der Waals surface area contributed by atoms with Crippen molar-refractivity contribution in [1.82, 2.24) is 9.55 Å². The van der Waals surface area contributed by atoms with E-state index in [9.17, 15) is 18.0 Å². The maximum absolute atomic E-state index is 12.3. The van der Waals surface area contributed by atoms with Gasteiger partial charge < -0.3 is 14.6 Å². The number of ether oxygens (including phenoxy) is 1. The molecule has 8 heteroatoms. The van der Waals surface area contributed by atoms with Crippen LogP contribution in [-0.4, -0.2) is 21.8 Å². The zero-order valence-electron chi connectivity index (χ0n) is 17.3. The van der Waals surface area contributed by atoms with Gasteiger partial charge in [0.1, 0.15) is 11.6 Å². The first-order chi connectivity index (χ1) is 13.9. The Labute approximate surface area is 172 Å². The predicted molar refractivity (Wildman–Crippen MR) is 109 cm³/mol. The van der Waals surface area contributed by atoms with E-state index in [2.05, 4.69) is 15.0 Å². The largest absolute Gasteiger partial charge is 0.573 e. The standard InChI is InChI=1S/C22H24F3N3O2/c1-14-11-18-17(26-20(14)27-19(29)12-21(2,3)4)9-10-28(18)13-15-5-7-16(8-6-15)30-22(23,24)25/h5-11H,12-13H2,1-4H3,(H,26,27,29). The van der Waals surface area contributed by atoms with Crippen LogP contribution in [-0.2, 0) is 11.3 Å². The van der Waals surface area contributed by atoms with Crippen molar-refractivity contribution >= 4 is 22.8 Å². The highest BCUT2D eigenvalue weighted by molar-refractivity contribution is 5.92. The van der Waals surface area contributed by atoms with Gasteiger partial charge in [-0.15, -0.1) is 13.2 Å². The van der Waals surface area contributed by atoms with Gasteiger partial charge in [-0.3, -0.25) is 4.79 Å². The van der Waals surface area contributed by atoms with Crippen LogP contribution in [0.1, 0.15) is 38.3 Å². The molecule has 3 aromatic rings. The summed E-state index contributed by atoms with van der Waals surface area (Å²) in [5.41, 5.74) is 3.13. The van der Waals surface area contributed by atoms with Crippen LogP contribution in [0.4, 0.5) is 19.0 Å². The van der Waals surface area contributed by atoms with Gasteiger partial charge in [0, 0.05) is 19.2 Å². The molecule has 1 amide bonds. The summed E-state index contributed by atoms with van der Waals surface area (Å²) < 4.78 is 42.7. The molecule has 1 aromatic carbocycles. The summed E-state index contributed by atoms with van der Waals surface area (Å²) >= 11 is 0. The van der Waals surface area contributed by atoms with Gasteiger partial charge in [0.05, 0.1) is 11.0 Å². The first-order valence-corrected chi connectivity index (χ1v) is 9.51. The van der Waals surface area contributed by atoms with Gasteiger partial charge in [-0.25, -0.2) is 4.98 Å². The van der Waals surface area contributed by atoms with E-state index in [1.165, 1.54) is 12.1 Å². The van der Waals surface area contributed by atoms with Crippen molar-refractivity contribution in [2.24, 2.45) is 5.41 Å². The van der Waals surface area contributed by atoms with Gasteiger partial charge in [-0.1, -0.05) is 32.9 Å². The second kappa shape index (κ2) is 8.01. The quantitative estimate of drug-likeness (QED) is 0.580. The molecule has 0 aliphatic heterocycles. The number of halogens is 3. The lowest BCUT2D eigenvalue weighted by molar-refractivity contribution is -0.274. The molecule has 0 atom stereocenters. The fraction of sp³-hybridized carbons (Fsp3) is 0.364. The Hall–Kier alpha value is -3.03. The first-order valence-electron chi connectivity index (χ1n) is 9.51. The maximum atomic E-state index is 12.3. The van der Waals surface area contributed by atoms with Gasteiger partial charge in [-0.2, -0.15) is 0 Å². The van der Waals surface area contributed by atoms with Crippen LogP contribution < -0.4 is 10.1 Å². The number of anilines is 1. The van der Waals surface area contributed by atoms with Gasteiger partial charge in [0.2, 0.25) is 5.91 Å². The Kier molecular flexibility index (Phi) is 5.78. The van der Waals surface area contributed by atoms with E-state index in [1.807, 2.05) is 50.6 Å². The molecule has 3 rings (SSSR count). The number of hydrogen-bond donors (Lipinski definition) is 1. The third-order valence-corrected chi connectivity index (χ3v) is 4.40. The van der Waals surface area contributed by atoms with Crippen LogP contribution in [0, 0.1) is 12.3 Å². The summed E-state index contributed by atoms with van der Waals surface area (Å²) in [4.78, 5) is 16.8. The van der Waals surface area contributed by atoms with E-state index in [4.69, 9.17) is 0 Å². The molecule has 0 fully saturated rings. The van der Waals surface area contributed by atoms with Gasteiger partial charge in [-0.05, 0) is 47.7 Å². The normalized spacial score (nSPS) is 12.2. The third kappa shape index (κ3) is 5.75. The number of carbonyl (C=O) groups excluding carboxylic acids is 1. The molecule has 2 heterocycles. The van der Waals surface area contributed by atoms with Crippen LogP contribution in [0.15, 0.2) is 42.6 Å². The van der Waals surface area contributed by atoms with Crippen molar-refractivity contribution in [2.75, 3.05) is 5.32 Å². The van der Waals surface area contributed by atoms with Crippen molar-refractivity contribution in [1.29, 1.82) is 0 Å². The third-order valence-electron chi connectivity index (χ3n) is 4.40. The number of benzene rings is 1. The number of carbonyl (C=O) groups is 1. The summed E-state index contributed by atoms with van der Waals surface area (Å²) in [6.45, 7) is 8.33. The minimum atomic E-state index is -4.71. The molecule has 0 radical (unpaired) electrons. The molecule has 5 nitrogen and oxygen atoms in total. The lowest BCUT2D eigenvalue weighted by Gasteiger charge is -2.17. The minimum Gasteiger partial charge on any atom is -0.406 e. The summed E-state index contributed by atoms with van der Waals surface area (Å²) in [5.74, 6) is 0.193. The number of aromatic nitrogens is 2. The molecule has 0 aliphatic rings. The van der Waals surface area contributed by atoms with Gasteiger partial charge in [0.25, 0.3) is 0 Å². The Bertz CT molecular complexity index is 1050. The Morgan fingerprint density at radius 2 is 1.80 bits per heavy atom. The Morgan fingerprint density at radius 1 is 1.13 bits per heavy atom. The number of pyridine rings is 1. The molecular formula is C22H24F3N3O2. The Balaban J connectivity index is 1.77. The number of hydrogen-bond acceptors (Lipinski definition) is 3. The van der Waals surface area contributed by atoms with Crippen molar-refractivity contribution in [3.05, 3.63) is 53.7 Å². The molecule has 0 bridgehead atoms. The van der Waals surface area contributed by atoms with Crippen molar-refractivity contribution in [2.45, 2.75) is 47.0 Å². The number of nitrogens with one attached hydrogen (secondary N) is 1. The highest BCUT2D eigenvalue weighted by Gasteiger charge is 2.30. The number of nitrogens with zero attached hydrogens (tertiary/aromatic N) is 2. The van der Waals surface area contributed by atoms with Crippen LogP contribution in [0.2, 0.25) is 0 Å². The van der Waals surface area contributed by atoms with Gasteiger partial charge in [0.15, 0.2) is 0 Å². The van der Waals surface area contributed by atoms with Crippen molar-refractivity contribution < 1.29 is 22.7 Å². The molecule has 0 unspecified atom stereocenters. The topological polar surface area (TPSA) is 56.1 Å². The number of fused-ring (bicyclic) bond motifs is 1. The molecule has 30 heavy (non-hydrogen) atoms. The zero-order valence-corrected chi connectivity index (χ0v) is 17.3. The minimum absolute atomic E-state index is 0.0851.